The average molecular weight is 241 g/mol. The first-order valence-electron chi connectivity index (χ1n) is 1.88. The van der Waals surface area contributed by atoms with Crippen LogP contribution in [0.3, 0.4) is 0 Å². The van der Waals surface area contributed by atoms with Crippen molar-refractivity contribution in [1.29, 1.82) is 0 Å². The second kappa shape index (κ2) is 5.77. The summed E-state index contributed by atoms with van der Waals surface area (Å²) in [7, 11) is -11.6. The van der Waals surface area contributed by atoms with Crippen molar-refractivity contribution in [2.75, 3.05) is 0 Å². The Hall–Kier alpha value is 0.190. The maximum Gasteiger partial charge on any atom is 0.705 e. The zero-order chi connectivity index (χ0) is 9.07. The van der Waals surface area contributed by atoms with E-state index in [1.807, 2.05) is 0 Å². The Bertz CT molecular complexity index is 200. The summed E-state index contributed by atoms with van der Waals surface area (Å²) < 4.78 is 36.4. The topological polar surface area (TPSA) is 165 Å². The number of phosphoric acid groups is 1. The molecule has 0 fully saturated rings. The van der Waals surface area contributed by atoms with Gasteiger partial charge in [-0.1, -0.05) is 0 Å². The van der Waals surface area contributed by atoms with Crippen LogP contribution >= 0.6 is 24.3 Å². The monoisotopic (exact) mass is 241 g/mol. The third kappa shape index (κ3) is 8.29. The molecular weight excluding hydrogens is 235 g/mol. The first-order chi connectivity index (χ1) is 4.83. The highest BCUT2D eigenvalue weighted by Crippen LogP contribution is 2.55. The Morgan fingerprint density at radius 1 is 1.08 bits per heavy atom. The zero-order valence-electron chi connectivity index (χ0n) is 5.43. The van der Waals surface area contributed by atoms with Gasteiger partial charge < -0.3 is 6.15 Å². The van der Waals surface area contributed by atoms with Crippen LogP contribution in [0, 0.1) is 0 Å². The second-order valence-electron chi connectivity index (χ2n) is 1.11. The maximum atomic E-state index is 10.3. The first-order valence-corrected chi connectivity index (χ1v) is 5.63. The molecule has 9 nitrogen and oxygen atoms in total. The summed E-state index contributed by atoms with van der Waals surface area (Å²) in [5.41, 5.74) is 0. The first kappa shape index (κ1) is 14.7. The van der Waals surface area contributed by atoms with E-state index in [-0.39, 0.29) is 6.15 Å². The summed E-state index contributed by atoms with van der Waals surface area (Å²) in [5.74, 6) is 0. The van der Waals surface area contributed by atoms with Gasteiger partial charge in [-0.3, -0.25) is 4.89 Å². The molecule has 0 aromatic heterocycles. The van der Waals surface area contributed by atoms with Crippen LogP contribution in [0.1, 0.15) is 0 Å². The van der Waals surface area contributed by atoms with Gasteiger partial charge in [-0.05, 0) is 0 Å². The number of hydrogen-bond donors (Lipinski definition) is 4. The Balaban J connectivity index is 0. The zero-order valence-corrected chi connectivity index (χ0v) is 8.11. The molecule has 0 spiro atoms. The summed E-state index contributed by atoms with van der Waals surface area (Å²) >= 11 is 0. The predicted octanol–water partition coefficient (Wildman–Crippen LogP) is 0.581. The summed E-state index contributed by atoms with van der Waals surface area (Å²) in [6.45, 7) is 0. The van der Waals surface area contributed by atoms with Gasteiger partial charge in [0.15, 0.2) is 0 Å². The van der Waals surface area contributed by atoms with E-state index in [1.165, 1.54) is 0 Å². The van der Waals surface area contributed by atoms with Crippen molar-refractivity contribution in [1.82, 2.24) is 6.15 Å². The molecule has 0 heterocycles. The molecule has 0 rings (SSSR count). The van der Waals surface area contributed by atoms with Gasteiger partial charge in [0.1, 0.15) is 0 Å². The molecule has 0 aromatic rings. The van der Waals surface area contributed by atoms with Crippen LogP contribution in [0.15, 0.2) is 0 Å². The summed E-state index contributed by atoms with van der Waals surface area (Å²) in [6, 6.07) is 0. The molecule has 0 bridgehead atoms. The van der Waals surface area contributed by atoms with Gasteiger partial charge in [0.2, 0.25) is 0 Å². The van der Waals surface area contributed by atoms with E-state index in [4.69, 9.17) is 14.7 Å². The lowest BCUT2D eigenvalue weighted by molar-refractivity contribution is 0.271. The van der Waals surface area contributed by atoms with E-state index in [0.717, 1.165) is 0 Å². The average Bonchev–Trinajstić information content (AvgIpc) is 1.53. The van der Waals surface area contributed by atoms with Gasteiger partial charge in [-0.25, -0.2) is 4.57 Å². The lowest BCUT2D eigenvalue weighted by atomic mass is 14.0. The minimum absolute atomic E-state index is 0. The molecule has 0 aromatic carbocycles. The number of rotatable bonds is 4. The molecule has 0 saturated heterocycles. The summed E-state index contributed by atoms with van der Waals surface area (Å²) in [5, 5.41) is 0. The summed E-state index contributed by atoms with van der Waals surface area (Å²) in [6.07, 6.45) is 0. The van der Waals surface area contributed by atoms with E-state index >= 15 is 0 Å². The molecule has 0 radical (unpaired) electrons. The molecule has 12 heteroatoms. The van der Waals surface area contributed by atoms with Crippen molar-refractivity contribution in [2.45, 2.75) is 0 Å². The Morgan fingerprint density at radius 2 is 1.33 bits per heavy atom. The Morgan fingerprint density at radius 3 is 1.50 bits per heavy atom. The van der Waals surface area contributed by atoms with Crippen LogP contribution in [0.25, 0.3) is 0 Å². The Labute approximate surface area is 68.4 Å². The van der Waals surface area contributed by atoms with E-state index in [9.17, 15) is 13.7 Å². The van der Waals surface area contributed by atoms with Crippen LogP contribution < -0.4 is 6.15 Å². The normalized spacial score (nSPS) is 17.2. The molecule has 0 aliphatic carbocycles. The minimum atomic E-state index is -4.87. The van der Waals surface area contributed by atoms with Gasteiger partial charge in [-0.15, -0.1) is 9.79 Å². The largest absolute Gasteiger partial charge is 0.705 e. The van der Waals surface area contributed by atoms with Gasteiger partial charge in [0.05, 0.1) is 0 Å². The van der Waals surface area contributed by atoms with Crippen LogP contribution in [0.2, 0.25) is 0 Å². The maximum absolute atomic E-state index is 10.3. The lowest BCUT2D eigenvalue weighted by Crippen LogP contribution is -1.81. The lowest BCUT2D eigenvalue weighted by Gasteiger charge is -1.88. The smallest absolute Gasteiger partial charge is 0.344 e. The van der Waals surface area contributed by atoms with E-state index in [2.05, 4.69) is 8.62 Å². The van der Waals surface area contributed by atoms with E-state index in [0.29, 0.717) is 0 Å². The molecule has 0 aliphatic heterocycles. The van der Waals surface area contributed by atoms with Crippen molar-refractivity contribution in [3.8, 4) is 0 Å². The molecule has 2 unspecified atom stereocenters. The fourth-order valence-electron chi connectivity index (χ4n) is 0.191. The van der Waals surface area contributed by atoms with Crippen molar-refractivity contribution >= 4 is 24.3 Å². The molecule has 72 valence electrons. The molecular formula is H6NO8P3+2. The molecule has 0 amide bonds. The molecule has 0 aliphatic rings. The molecule has 0 saturated carbocycles. The highest BCUT2D eigenvalue weighted by atomic mass is 31.3. The van der Waals surface area contributed by atoms with E-state index in [1.54, 1.807) is 0 Å². The number of hydrogen-bond acceptors (Lipinski definition) is 6. The van der Waals surface area contributed by atoms with Crippen LogP contribution in [0.5, 0.6) is 0 Å². The predicted molar refractivity (Wildman–Crippen MR) is 36.7 cm³/mol. The van der Waals surface area contributed by atoms with Crippen LogP contribution in [-0.4, -0.2) is 14.7 Å². The third-order valence-corrected chi connectivity index (χ3v) is 3.11. The van der Waals surface area contributed by atoms with Crippen molar-refractivity contribution < 1.29 is 37.0 Å². The van der Waals surface area contributed by atoms with Crippen molar-refractivity contribution in [3.05, 3.63) is 0 Å². The molecule has 2 atom stereocenters. The fraction of sp³-hybridized carbons (Fsp3) is 0. The standard InChI is InChI=1S/H3N.HO8P3/c;1-9(2)7-11(5,6)8-10(3)4/h1H3;(H-2,1,2,3,4,5,6)/p+2. The highest BCUT2D eigenvalue weighted by Gasteiger charge is 2.43. The van der Waals surface area contributed by atoms with Gasteiger partial charge in [-0.2, -0.15) is 0 Å². The minimum Gasteiger partial charge on any atom is -0.344 e. The summed E-state index contributed by atoms with van der Waals surface area (Å²) in [4.78, 5) is 24.1. The fourth-order valence-corrected chi connectivity index (χ4v) is 1.99. The highest BCUT2D eigenvalue weighted by molar-refractivity contribution is 7.60. The SMILES string of the molecule is N.O=[P+](O)OP(=O)(O)O[P+](=O)O. The molecule has 6 N–H and O–H groups in total. The Kier molecular flexibility index (Phi) is 7.07. The van der Waals surface area contributed by atoms with Crippen LogP contribution in [-0.2, 0) is 22.3 Å². The quantitative estimate of drug-likeness (QED) is 0.514. The molecule has 12 heavy (non-hydrogen) atoms. The van der Waals surface area contributed by atoms with Crippen molar-refractivity contribution in [2.24, 2.45) is 0 Å². The third-order valence-electron chi connectivity index (χ3n) is 0.346. The second-order valence-corrected chi connectivity index (χ2v) is 4.30. The van der Waals surface area contributed by atoms with Gasteiger partial charge in [0.25, 0.3) is 0 Å². The van der Waals surface area contributed by atoms with Gasteiger partial charge in [0, 0.05) is 17.8 Å². The van der Waals surface area contributed by atoms with Gasteiger partial charge >= 0.3 is 24.3 Å². The van der Waals surface area contributed by atoms with Crippen LogP contribution in [0.4, 0.5) is 0 Å². The van der Waals surface area contributed by atoms with E-state index < -0.39 is 24.3 Å². The van der Waals surface area contributed by atoms with Crippen molar-refractivity contribution in [3.63, 3.8) is 0 Å².